The molecule has 0 fully saturated rings. The summed E-state index contributed by atoms with van der Waals surface area (Å²) in [6.45, 7) is 7.73. The quantitative estimate of drug-likeness (QED) is 0.616. The number of hydrogen-bond donors (Lipinski definition) is 1. The molecule has 1 N–H and O–H groups in total. The topological polar surface area (TPSA) is 20.2 Å². The Morgan fingerprint density at radius 3 is 1.89 bits per heavy atom. The first-order chi connectivity index (χ1) is 4.18. The van der Waals surface area contributed by atoms with Gasteiger partial charge in [0.05, 0.1) is 5.60 Å². The van der Waals surface area contributed by atoms with Gasteiger partial charge in [-0.3, -0.25) is 0 Å². The molecule has 0 saturated carbocycles. The summed E-state index contributed by atoms with van der Waals surface area (Å²) in [6.07, 6.45) is 3.36. The molecular formula is C8H17O. The van der Waals surface area contributed by atoms with Crippen LogP contribution in [0.3, 0.4) is 0 Å². The van der Waals surface area contributed by atoms with Crippen molar-refractivity contribution in [2.75, 3.05) is 0 Å². The van der Waals surface area contributed by atoms with Crippen molar-refractivity contribution in [3.8, 4) is 0 Å². The molecule has 0 unspecified atom stereocenters. The van der Waals surface area contributed by atoms with Crippen LogP contribution in [-0.2, 0) is 0 Å². The molecule has 0 aromatic heterocycles. The second-order valence-corrected chi connectivity index (χ2v) is 2.54. The van der Waals surface area contributed by atoms with Gasteiger partial charge >= 0.3 is 0 Å². The normalized spacial score (nSPS) is 12.0. The largest absolute Gasteiger partial charge is 0.390 e. The second-order valence-electron chi connectivity index (χ2n) is 2.54. The van der Waals surface area contributed by atoms with Crippen LogP contribution in [0, 0.1) is 6.92 Å². The van der Waals surface area contributed by atoms with Gasteiger partial charge in [-0.1, -0.05) is 27.2 Å². The van der Waals surface area contributed by atoms with Crippen molar-refractivity contribution in [3.05, 3.63) is 6.92 Å². The van der Waals surface area contributed by atoms with Crippen molar-refractivity contribution in [2.45, 2.75) is 45.1 Å². The molecule has 0 spiro atoms. The van der Waals surface area contributed by atoms with Gasteiger partial charge < -0.3 is 5.11 Å². The summed E-state index contributed by atoms with van der Waals surface area (Å²) < 4.78 is 0. The molecule has 1 radical (unpaired) electrons. The maximum Gasteiger partial charge on any atom is 0.0642 e. The van der Waals surface area contributed by atoms with E-state index in [0.717, 1.165) is 25.7 Å². The number of hydrogen-bond acceptors (Lipinski definition) is 1. The van der Waals surface area contributed by atoms with Crippen molar-refractivity contribution < 1.29 is 5.11 Å². The first-order valence-corrected chi connectivity index (χ1v) is 3.70. The molecule has 0 rings (SSSR count). The van der Waals surface area contributed by atoms with Gasteiger partial charge in [0.2, 0.25) is 0 Å². The zero-order chi connectivity index (χ0) is 7.33. The average Bonchev–Trinajstić information content (AvgIpc) is 1.89. The highest BCUT2D eigenvalue weighted by molar-refractivity contribution is 4.74. The highest BCUT2D eigenvalue weighted by atomic mass is 16.3. The van der Waals surface area contributed by atoms with Crippen molar-refractivity contribution in [2.24, 2.45) is 0 Å². The highest BCUT2D eigenvalue weighted by Gasteiger charge is 2.19. The van der Waals surface area contributed by atoms with Crippen LogP contribution in [0.2, 0.25) is 0 Å². The van der Waals surface area contributed by atoms with Gasteiger partial charge in [-0.2, -0.15) is 0 Å². The van der Waals surface area contributed by atoms with E-state index >= 15 is 0 Å². The van der Waals surface area contributed by atoms with E-state index in [1.54, 1.807) is 0 Å². The Bertz CT molecular complexity index is 65.0. The molecule has 0 aliphatic rings. The van der Waals surface area contributed by atoms with Crippen LogP contribution < -0.4 is 0 Å². The third-order valence-electron chi connectivity index (χ3n) is 1.96. The Labute approximate surface area is 58.1 Å². The molecule has 0 aliphatic carbocycles. The Hall–Kier alpha value is -0.0400. The summed E-state index contributed by atoms with van der Waals surface area (Å²) >= 11 is 0. The summed E-state index contributed by atoms with van der Waals surface area (Å²) in [6, 6.07) is 0. The van der Waals surface area contributed by atoms with Gasteiger partial charge in [0.1, 0.15) is 0 Å². The molecule has 0 aromatic rings. The fourth-order valence-corrected chi connectivity index (χ4v) is 0.933. The predicted octanol–water partition coefficient (Wildman–Crippen LogP) is 2.15. The zero-order valence-electron chi connectivity index (χ0n) is 6.48. The lowest BCUT2D eigenvalue weighted by Crippen LogP contribution is -2.25. The molecule has 0 heterocycles. The monoisotopic (exact) mass is 129 g/mol. The molecule has 0 bridgehead atoms. The molecule has 0 saturated heterocycles. The average molecular weight is 129 g/mol. The van der Waals surface area contributed by atoms with Crippen LogP contribution in [0.1, 0.15) is 39.5 Å². The first kappa shape index (κ1) is 8.96. The van der Waals surface area contributed by atoms with Gasteiger partial charge in [-0.05, 0) is 19.3 Å². The van der Waals surface area contributed by atoms with Gasteiger partial charge in [0.15, 0.2) is 0 Å². The van der Waals surface area contributed by atoms with E-state index in [9.17, 15) is 5.11 Å². The molecule has 55 valence electrons. The fourth-order valence-electron chi connectivity index (χ4n) is 0.933. The Morgan fingerprint density at radius 1 is 1.33 bits per heavy atom. The first-order valence-electron chi connectivity index (χ1n) is 3.70. The molecule has 1 heteroatoms. The zero-order valence-corrected chi connectivity index (χ0v) is 6.48. The minimum Gasteiger partial charge on any atom is -0.390 e. The van der Waals surface area contributed by atoms with Crippen LogP contribution in [0.4, 0.5) is 0 Å². The fraction of sp³-hybridized carbons (Fsp3) is 0.875. The van der Waals surface area contributed by atoms with Gasteiger partial charge in [0, 0.05) is 0 Å². The Kier molecular flexibility index (Phi) is 3.87. The Balaban J connectivity index is 3.62. The number of rotatable bonds is 4. The maximum atomic E-state index is 9.59. The van der Waals surface area contributed by atoms with E-state index in [1.807, 2.05) is 13.8 Å². The molecule has 0 aromatic carbocycles. The minimum absolute atomic E-state index is 0.429. The van der Waals surface area contributed by atoms with Crippen LogP contribution in [0.25, 0.3) is 0 Å². The molecule has 1 nitrogen and oxygen atoms in total. The maximum absolute atomic E-state index is 9.59. The van der Waals surface area contributed by atoms with E-state index < -0.39 is 5.60 Å². The second kappa shape index (κ2) is 3.89. The summed E-state index contributed by atoms with van der Waals surface area (Å²) in [7, 11) is 0. The molecule has 0 amide bonds. The minimum atomic E-state index is -0.429. The van der Waals surface area contributed by atoms with Crippen LogP contribution >= 0.6 is 0 Å². The standard InChI is InChI=1S/C8H17O/c1-4-7-8(9,5-2)6-3/h9H,1,4-7H2,2-3H3. The van der Waals surface area contributed by atoms with E-state index in [2.05, 4.69) is 6.92 Å². The highest BCUT2D eigenvalue weighted by Crippen LogP contribution is 2.20. The summed E-state index contributed by atoms with van der Waals surface area (Å²) in [5, 5.41) is 9.59. The lowest BCUT2D eigenvalue weighted by atomic mass is 9.92. The van der Waals surface area contributed by atoms with E-state index in [1.165, 1.54) is 0 Å². The van der Waals surface area contributed by atoms with Gasteiger partial charge in [-0.15, -0.1) is 0 Å². The van der Waals surface area contributed by atoms with Gasteiger partial charge in [0.25, 0.3) is 0 Å². The van der Waals surface area contributed by atoms with E-state index in [0.29, 0.717) is 0 Å². The van der Waals surface area contributed by atoms with E-state index in [-0.39, 0.29) is 0 Å². The van der Waals surface area contributed by atoms with Crippen molar-refractivity contribution >= 4 is 0 Å². The Morgan fingerprint density at radius 2 is 1.78 bits per heavy atom. The summed E-state index contributed by atoms with van der Waals surface area (Å²) in [5.74, 6) is 0. The molecule has 0 aliphatic heterocycles. The predicted molar refractivity (Wildman–Crippen MR) is 40.1 cm³/mol. The SMILES string of the molecule is [CH2]CCC(O)(CC)CC. The molecule has 0 atom stereocenters. The van der Waals surface area contributed by atoms with Crippen LogP contribution in [0.15, 0.2) is 0 Å². The van der Waals surface area contributed by atoms with Crippen LogP contribution in [0.5, 0.6) is 0 Å². The molecular weight excluding hydrogens is 112 g/mol. The van der Waals surface area contributed by atoms with E-state index in [4.69, 9.17) is 0 Å². The summed E-state index contributed by atoms with van der Waals surface area (Å²) in [5.41, 5.74) is -0.429. The van der Waals surface area contributed by atoms with Crippen molar-refractivity contribution in [3.63, 3.8) is 0 Å². The number of aliphatic hydroxyl groups is 1. The summed E-state index contributed by atoms with van der Waals surface area (Å²) in [4.78, 5) is 0. The lowest BCUT2D eigenvalue weighted by molar-refractivity contribution is 0.0244. The van der Waals surface area contributed by atoms with Crippen molar-refractivity contribution in [1.29, 1.82) is 0 Å². The van der Waals surface area contributed by atoms with Crippen LogP contribution in [-0.4, -0.2) is 10.7 Å². The molecule has 9 heavy (non-hydrogen) atoms. The third kappa shape index (κ3) is 2.85. The third-order valence-corrected chi connectivity index (χ3v) is 1.96. The van der Waals surface area contributed by atoms with Gasteiger partial charge in [-0.25, -0.2) is 0 Å². The smallest absolute Gasteiger partial charge is 0.0642 e. The lowest BCUT2D eigenvalue weighted by Gasteiger charge is -2.23. The van der Waals surface area contributed by atoms with Crippen molar-refractivity contribution in [1.82, 2.24) is 0 Å².